The lowest BCUT2D eigenvalue weighted by Gasteiger charge is -2.00. The molecule has 0 N–H and O–H groups in total. The first-order valence-corrected chi connectivity index (χ1v) is 4.34. The van der Waals surface area contributed by atoms with Crippen molar-refractivity contribution in [3.63, 3.8) is 0 Å². The van der Waals surface area contributed by atoms with Gasteiger partial charge in [-0.15, -0.1) is 0 Å². The van der Waals surface area contributed by atoms with Crippen LogP contribution < -0.4 is 0 Å². The van der Waals surface area contributed by atoms with Gasteiger partial charge in [-0.05, 0) is 46.4 Å². The van der Waals surface area contributed by atoms with Gasteiger partial charge in [-0.2, -0.15) is 0 Å². The summed E-state index contributed by atoms with van der Waals surface area (Å²) in [5.41, 5.74) is 0.806. The molecule has 0 bridgehead atoms. The zero-order chi connectivity index (χ0) is 8.27. The Kier molecular flexibility index (Phi) is 3.26. The normalized spacial score (nSPS) is 10.1. The molecule has 0 atom stereocenters. The van der Waals surface area contributed by atoms with Crippen LogP contribution in [0.5, 0.6) is 0 Å². The molecule has 0 unspecified atom stereocenters. The summed E-state index contributed by atoms with van der Waals surface area (Å²) in [7, 11) is 0. The van der Waals surface area contributed by atoms with Crippen molar-refractivity contribution < 1.29 is 9.50 Å². The minimum absolute atomic E-state index is 0.181. The van der Waals surface area contributed by atoms with Crippen LogP contribution in [0, 0.1) is 9.39 Å². The van der Waals surface area contributed by atoms with E-state index in [1.807, 2.05) is 0 Å². The summed E-state index contributed by atoms with van der Waals surface area (Å²) in [5, 5.41) is 10.2. The van der Waals surface area contributed by atoms with Gasteiger partial charge < -0.3 is 0 Å². The van der Waals surface area contributed by atoms with Crippen LogP contribution in [0.15, 0.2) is 18.2 Å². The Bertz CT molecular complexity index is 250. The van der Waals surface area contributed by atoms with Crippen molar-refractivity contribution in [2.45, 2.75) is 6.42 Å². The van der Waals surface area contributed by atoms with Crippen LogP contribution >= 0.6 is 22.6 Å². The molecule has 0 saturated heterocycles. The SMILES string of the molecule is [O]CCc1cc(F)ccc1I. The van der Waals surface area contributed by atoms with Crippen LogP contribution in [0.2, 0.25) is 0 Å². The first-order chi connectivity index (χ1) is 5.24. The first-order valence-electron chi connectivity index (χ1n) is 3.26. The van der Waals surface area contributed by atoms with Gasteiger partial charge in [0.05, 0.1) is 6.61 Å². The average Bonchev–Trinajstić information content (AvgIpc) is 1.98. The first kappa shape index (κ1) is 8.93. The molecular weight excluding hydrogens is 258 g/mol. The van der Waals surface area contributed by atoms with Crippen molar-refractivity contribution in [1.82, 2.24) is 0 Å². The molecule has 0 aliphatic rings. The number of benzene rings is 1. The minimum Gasteiger partial charge on any atom is -0.236 e. The molecule has 1 radical (unpaired) electrons. The molecule has 0 aromatic heterocycles. The van der Waals surface area contributed by atoms with Gasteiger partial charge in [-0.3, -0.25) is 0 Å². The number of rotatable bonds is 2. The van der Waals surface area contributed by atoms with Crippen molar-refractivity contribution in [2.75, 3.05) is 6.61 Å². The fourth-order valence-corrected chi connectivity index (χ4v) is 1.45. The highest BCUT2D eigenvalue weighted by Crippen LogP contribution is 2.13. The van der Waals surface area contributed by atoms with Gasteiger partial charge in [0, 0.05) is 9.99 Å². The zero-order valence-electron chi connectivity index (χ0n) is 5.81. The second-order valence-electron chi connectivity index (χ2n) is 2.19. The maximum Gasteiger partial charge on any atom is 0.123 e. The molecule has 0 heterocycles. The fraction of sp³-hybridized carbons (Fsp3) is 0.250. The maximum atomic E-state index is 12.6. The Morgan fingerprint density at radius 3 is 2.82 bits per heavy atom. The molecule has 0 aliphatic carbocycles. The summed E-state index contributed by atoms with van der Waals surface area (Å²) >= 11 is 2.09. The highest BCUT2D eigenvalue weighted by Gasteiger charge is 2.00. The Morgan fingerprint density at radius 1 is 1.45 bits per heavy atom. The van der Waals surface area contributed by atoms with E-state index in [4.69, 9.17) is 0 Å². The molecule has 1 nitrogen and oxygen atoms in total. The van der Waals surface area contributed by atoms with E-state index in [9.17, 15) is 9.50 Å². The van der Waals surface area contributed by atoms with E-state index in [2.05, 4.69) is 22.6 Å². The monoisotopic (exact) mass is 265 g/mol. The van der Waals surface area contributed by atoms with Crippen molar-refractivity contribution in [1.29, 1.82) is 0 Å². The molecule has 0 fully saturated rings. The van der Waals surface area contributed by atoms with E-state index < -0.39 is 0 Å². The Morgan fingerprint density at radius 2 is 2.18 bits per heavy atom. The third-order valence-corrected chi connectivity index (χ3v) is 2.43. The van der Waals surface area contributed by atoms with Crippen molar-refractivity contribution in [3.05, 3.63) is 33.1 Å². The highest BCUT2D eigenvalue weighted by molar-refractivity contribution is 14.1. The summed E-state index contributed by atoms with van der Waals surface area (Å²) in [4.78, 5) is 0. The predicted octanol–water partition coefficient (Wildman–Crippen LogP) is 2.40. The van der Waals surface area contributed by atoms with Gasteiger partial charge in [-0.25, -0.2) is 9.50 Å². The summed E-state index contributed by atoms with van der Waals surface area (Å²) in [6.07, 6.45) is 0.413. The molecule has 0 saturated carbocycles. The quantitative estimate of drug-likeness (QED) is 0.732. The largest absolute Gasteiger partial charge is 0.236 e. The lowest BCUT2D eigenvalue weighted by molar-refractivity contribution is 0.197. The van der Waals surface area contributed by atoms with E-state index in [1.165, 1.54) is 12.1 Å². The fourth-order valence-electron chi connectivity index (χ4n) is 0.845. The highest BCUT2D eigenvalue weighted by atomic mass is 127. The third kappa shape index (κ3) is 2.41. The van der Waals surface area contributed by atoms with E-state index in [1.54, 1.807) is 6.07 Å². The van der Waals surface area contributed by atoms with Crippen LogP contribution in [0.3, 0.4) is 0 Å². The lowest BCUT2D eigenvalue weighted by atomic mass is 10.2. The molecule has 3 heteroatoms. The Labute approximate surface area is 78.4 Å². The van der Waals surface area contributed by atoms with Crippen molar-refractivity contribution in [3.8, 4) is 0 Å². The van der Waals surface area contributed by atoms with Gasteiger partial charge in [0.2, 0.25) is 0 Å². The Hall–Kier alpha value is -0.160. The molecule has 59 valence electrons. The third-order valence-electron chi connectivity index (χ3n) is 1.38. The molecule has 1 aromatic rings. The van der Waals surface area contributed by atoms with Crippen LogP contribution in [-0.4, -0.2) is 6.61 Å². The van der Waals surface area contributed by atoms with Crippen molar-refractivity contribution >= 4 is 22.6 Å². The molecular formula is C8H7FIO. The van der Waals surface area contributed by atoms with Crippen LogP contribution in [0.4, 0.5) is 4.39 Å². The van der Waals surface area contributed by atoms with Crippen LogP contribution in [0.1, 0.15) is 5.56 Å². The van der Waals surface area contributed by atoms with Gasteiger partial charge in [0.15, 0.2) is 0 Å². The summed E-state index contributed by atoms with van der Waals surface area (Å²) in [5.74, 6) is -0.270. The Balaban J connectivity index is 2.93. The second-order valence-corrected chi connectivity index (χ2v) is 3.35. The predicted molar refractivity (Wildman–Crippen MR) is 48.4 cm³/mol. The van der Waals surface area contributed by atoms with Gasteiger partial charge in [-0.1, -0.05) is 0 Å². The average molecular weight is 265 g/mol. The minimum atomic E-state index is -0.270. The van der Waals surface area contributed by atoms with Gasteiger partial charge >= 0.3 is 0 Å². The molecule has 0 aliphatic heterocycles. The van der Waals surface area contributed by atoms with Crippen LogP contribution in [-0.2, 0) is 11.5 Å². The van der Waals surface area contributed by atoms with Crippen LogP contribution in [0.25, 0.3) is 0 Å². The lowest BCUT2D eigenvalue weighted by Crippen LogP contribution is -1.93. The molecule has 1 rings (SSSR count). The standard InChI is InChI=1S/C8H7FIO/c9-7-1-2-8(10)6(5-7)3-4-11/h1-2,5H,3-4H2. The van der Waals surface area contributed by atoms with Gasteiger partial charge in [0.25, 0.3) is 0 Å². The van der Waals surface area contributed by atoms with E-state index in [0.29, 0.717) is 6.42 Å². The van der Waals surface area contributed by atoms with E-state index >= 15 is 0 Å². The summed E-state index contributed by atoms with van der Waals surface area (Å²) in [6.45, 7) is -0.181. The molecule has 11 heavy (non-hydrogen) atoms. The topological polar surface area (TPSA) is 19.9 Å². The number of hydrogen-bond donors (Lipinski definition) is 0. The summed E-state index contributed by atoms with van der Waals surface area (Å²) in [6, 6.07) is 4.50. The molecule has 0 spiro atoms. The van der Waals surface area contributed by atoms with Gasteiger partial charge in [0.1, 0.15) is 5.82 Å². The second kappa shape index (κ2) is 4.01. The maximum absolute atomic E-state index is 12.6. The molecule has 1 aromatic carbocycles. The van der Waals surface area contributed by atoms with E-state index in [-0.39, 0.29) is 12.4 Å². The number of halogens is 2. The zero-order valence-corrected chi connectivity index (χ0v) is 7.97. The smallest absolute Gasteiger partial charge is 0.123 e. The number of hydrogen-bond acceptors (Lipinski definition) is 0. The van der Waals surface area contributed by atoms with E-state index in [0.717, 1.165) is 9.13 Å². The summed E-state index contributed by atoms with van der Waals surface area (Å²) < 4.78 is 13.5. The van der Waals surface area contributed by atoms with Crippen molar-refractivity contribution in [2.24, 2.45) is 0 Å². The molecule has 0 amide bonds.